The molecule has 1 saturated heterocycles. The summed E-state index contributed by atoms with van der Waals surface area (Å²) in [5.74, 6) is 0.675. The number of halogens is 1. The van der Waals surface area contributed by atoms with Gasteiger partial charge in [0.25, 0.3) is 0 Å². The molecule has 1 aliphatic rings. The Morgan fingerprint density at radius 1 is 1.22 bits per heavy atom. The Labute approximate surface area is 161 Å². The van der Waals surface area contributed by atoms with Crippen molar-refractivity contribution in [3.05, 3.63) is 30.1 Å². The van der Waals surface area contributed by atoms with E-state index in [-0.39, 0.29) is 17.8 Å². The van der Waals surface area contributed by atoms with Crippen LogP contribution >= 0.6 is 0 Å². The zero-order valence-electron chi connectivity index (χ0n) is 16.7. The smallest absolute Gasteiger partial charge is 0.222 e. The number of carbonyl (C=O) groups excluding carboxylic acids is 1. The quantitative estimate of drug-likeness (QED) is 0.565. The van der Waals surface area contributed by atoms with E-state index >= 15 is 0 Å². The van der Waals surface area contributed by atoms with Gasteiger partial charge in [-0.3, -0.25) is 9.79 Å². The van der Waals surface area contributed by atoms with Crippen molar-refractivity contribution >= 4 is 17.6 Å². The highest BCUT2D eigenvalue weighted by molar-refractivity contribution is 5.81. The molecule has 27 heavy (non-hydrogen) atoms. The third kappa shape index (κ3) is 6.41. The van der Waals surface area contributed by atoms with Gasteiger partial charge in [0.05, 0.1) is 12.2 Å². The molecule has 0 saturated carbocycles. The van der Waals surface area contributed by atoms with Crippen LogP contribution in [0.15, 0.2) is 29.3 Å². The monoisotopic (exact) mass is 377 g/mol. The molecule has 1 aromatic carbocycles. The van der Waals surface area contributed by atoms with Crippen molar-refractivity contribution in [2.75, 3.05) is 44.2 Å². The van der Waals surface area contributed by atoms with Crippen molar-refractivity contribution in [2.24, 2.45) is 4.99 Å². The predicted octanol–water partition coefficient (Wildman–Crippen LogP) is 2.22. The van der Waals surface area contributed by atoms with E-state index < -0.39 is 0 Å². The maximum absolute atomic E-state index is 14.0. The standard InChI is InChI=1S/C20H32FN5O/c1-4-16(3)24-19(27)10-11-23-20(22-5-2)26-14-12-25(13-15-26)18-9-7-6-8-17(18)21/h6-9,16H,4-5,10-15H2,1-3H3,(H,22,23)(H,24,27). The fourth-order valence-corrected chi connectivity index (χ4v) is 3.01. The van der Waals surface area contributed by atoms with Gasteiger partial charge in [0.2, 0.25) is 5.91 Å². The number of hydrogen-bond acceptors (Lipinski definition) is 3. The first-order valence-electron chi connectivity index (χ1n) is 9.87. The fourth-order valence-electron chi connectivity index (χ4n) is 3.01. The number of para-hydroxylation sites is 1. The first-order valence-corrected chi connectivity index (χ1v) is 9.87. The molecule has 1 aromatic rings. The zero-order valence-corrected chi connectivity index (χ0v) is 16.7. The van der Waals surface area contributed by atoms with Gasteiger partial charge in [0.15, 0.2) is 5.96 Å². The molecule has 0 spiro atoms. The van der Waals surface area contributed by atoms with Gasteiger partial charge in [-0.05, 0) is 32.4 Å². The molecule has 0 aliphatic carbocycles. The van der Waals surface area contributed by atoms with E-state index in [4.69, 9.17) is 0 Å². The second-order valence-corrected chi connectivity index (χ2v) is 6.79. The van der Waals surface area contributed by atoms with Gasteiger partial charge < -0.3 is 20.4 Å². The van der Waals surface area contributed by atoms with Crippen molar-refractivity contribution in [3.8, 4) is 0 Å². The minimum absolute atomic E-state index is 0.0355. The van der Waals surface area contributed by atoms with E-state index in [1.54, 1.807) is 6.07 Å². The molecule has 0 bridgehead atoms. The van der Waals surface area contributed by atoms with E-state index in [1.807, 2.05) is 32.9 Å². The highest BCUT2D eigenvalue weighted by Gasteiger charge is 2.21. The Kier molecular flexibility index (Phi) is 8.36. The van der Waals surface area contributed by atoms with Gasteiger partial charge in [0, 0.05) is 45.2 Å². The van der Waals surface area contributed by atoms with Crippen LogP contribution in [-0.2, 0) is 4.79 Å². The lowest BCUT2D eigenvalue weighted by molar-refractivity contribution is -0.121. The maximum atomic E-state index is 14.0. The minimum Gasteiger partial charge on any atom is -0.366 e. The van der Waals surface area contributed by atoms with Crippen molar-refractivity contribution in [1.29, 1.82) is 0 Å². The van der Waals surface area contributed by atoms with E-state index in [0.29, 0.717) is 18.7 Å². The molecular formula is C20H32FN5O. The number of nitrogens with one attached hydrogen (secondary N) is 2. The Bertz CT molecular complexity index is 629. The van der Waals surface area contributed by atoms with E-state index in [9.17, 15) is 9.18 Å². The van der Waals surface area contributed by atoms with Gasteiger partial charge in [-0.25, -0.2) is 4.39 Å². The second-order valence-electron chi connectivity index (χ2n) is 6.79. The predicted molar refractivity (Wildman–Crippen MR) is 109 cm³/mol. The van der Waals surface area contributed by atoms with Crippen LogP contribution in [0.4, 0.5) is 10.1 Å². The lowest BCUT2D eigenvalue weighted by Gasteiger charge is -2.37. The molecule has 1 fully saturated rings. The number of rotatable bonds is 7. The van der Waals surface area contributed by atoms with Crippen LogP contribution in [0, 0.1) is 5.82 Å². The number of hydrogen-bond donors (Lipinski definition) is 2. The SMILES string of the molecule is CCNC(=NCCC(=O)NC(C)CC)N1CCN(c2ccccc2F)CC1. The molecule has 150 valence electrons. The average molecular weight is 378 g/mol. The Morgan fingerprint density at radius 3 is 2.56 bits per heavy atom. The number of anilines is 1. The molecule has 2 N–H and O–H groups in total. The summed E-state index contributed by atoms with van der Waals surface area (Å²) in [5, 5.41) is 6.26. The number of aliphatic imine (C=N–C) groups is 1. The third-order valence-electron chi connectivity index (χ3n) is 4.73. The summed E-state index contributed by atoms with van der Waals surface area (Å²) in [4.78, 5) is 20.7. The molecule has 2 rings (SSSR count). The number of benzene rings is 1. The van der Waals surface area contributed by atoms with Crippen molar-refractivity contribution in [1.82, 2.24) is 15.5 Å². The topological polar surface area (TPSA) is 60.0 Å². The first-order chi connectivity index (χ1) is 13.0. The van der Waals surface area contributed by atoms with Crippen LogP contribution in [0.1, 0.15) is 33.6 Å². The summed E-state index contributed by atoms with van der Waals surface area (Å²) in [6.07, 6.45) is 1.30. The first kappa shape index (κ1) is 21.0. The molecule has 0 aromatic heterocycles. The highest BCUT2D eigenvalue weighted by Crippen LogP contribution is 2.20. The summed E-state index contributed by atoms with van der Waals surface area (Å²) >= 11 is 0. The molecular weight excluding hydrogens is 345 g/mol. The van der Waals surface area contributed by atoms with Gasteiger partial charge in [0.1, 0.15) is 5.82 Å². The number of piperazine rings is 1. The van der Waals surface area contributed by atoms with Gasteiger partial charge in [-0.15, -0.1) is 0 Å². The lowest BCUT2D eigenvalue weighted by Crippen LogP contribution is -2.52. The normalized spacial score (nSPS) is 16.2. The Hall–Kier alpha value is -2.31. The molecule has 1 unspecified atom stereocenters. The van der Waals surface area contributed by atoms with Gasteiger partial charge in [-0.1, -0.05) is 19.1 Å². The van der Waals surface area contributed by atoms with E-state index in [0.717, 1.165) is 45.1 Å². The lowest BCUT2D eigenvalue weighted by atomic mass is 10.2. The Balaban J connectivity index is 1.88. The number of nitrogens with zero attached hydrogens (tertiary/aromatic N) is 3. The van der Waals surface area contributed by atoms with E-state index in [1.165, 1.54) is 6.07 Å². The van der Waals surface area contributed by atoms with Crippen LogP contribution < -0.4 is 15.5 Å². The highest BCUT2D eigenvalue weighted by atomic mass is 19.1. The van der Waals surface area contributed by atoms with Gasteiger partial charge in [-0.2, -0.15) is 0 Å². The van der Waals surface area contributed by atoms with Crippen LogP contribution in [0.3, 0.4) is 0 Å². The van der Waals surface area contributed by atoms with E-state index in [2.05, 4.69) is 25.4 Å². The molecule has 1 atom stereocenters. The summed E-state index contributed by atoms with van der Waals surface area (Å²) in [7, 11) is 0. The summed E-state index contributed by atoms with van der Waals surface area (Å²) in [6, 6.07) is 7.09. The Morgan fingerprint density at radius 2 is 1.93 bits per heavy atom. The van der Waals surface area contributed by atoms with Crippen LogP contribution in [-0.4, -0.2) is 62.1 Å². The molecule has 6 nitrogen and oxygen atoms in total. The summed E-state index contributed by atoms with van der Waals surface area (Å²) < 4.78 is 14.0. The molecule has 1 amide bonds. The van der Waals surface area contributed by atoms with Crippen molar-refractivity contribution in [3.63, 3.8) is 0 Å². The summed E-state index contributed by atoms with van der Waals surface area (Å²) in [6.45, 7) is 10.3. The minimum atomic E-state index is -0.182. The molecule has 1 heterocycles. The number of guanidine groups is 1. The summed E-state index contributed by atoms with van der Waals surface area (Å²) in [5.41, 5.74) is 0.654. The zero-order chi connectivity index (χ0) is 19.6. The van der Waals surface area contributed by atoms with Crippen molar-refractivity contribution < 1.29 is 9.18 Å². The molecule has 0 radical (unpaired) electrons. The fraction of sp³-hybridized carbons (Fsp3) is 0.600. The van der Waals surface area contributed by atoms with Crippen LogP contribution in [0.5, 0.6) is 0 Å². The third-order valence-corrected chi connectivity index (χ3v) is 4.73. The number of carbonyl (C=O) groups is 1. The van der Waals surface area contributed by atoms with Crippen LogP contribution in [0.2, 0.25) is 0 Å². The second kappa shape index (κ2) is 10.7. The van der Waals surface area contributed by atoms with Gasteiger partial charge >= 0.3 is 0 Å². The maximum Gasteiger partial charge on any atom is 0.222 e. The molecule has 7 heteroatoms. The average Bonchev–Trinajstić information content (AvgIpc) is 2.68. The number of amides is 1. The van der Waals surface area contributed by atoms with Crippen molar-refractivity contribution in [2.45, 2.75) is 39.7 Å². The molecule has 1 aliphatic heterocycles. The largest absolute Gasteiger partial charge is 0.366 e. The van der Waals surface area contributed by atoms with Crippen LogP contribution in [0.25, 0.3) is 0 Å².